The number of aryl methyl sites for hydroxylation is 1. The lowest BCUT2D eigenvalue weighted by molar-refractivity contribution is 0.0188. The molecule has 0 aliphatic heterocycles. The molecule has 1 amide bonds. The third-order valence-electron chi connectivity index (χ3n) is 2.24. The standard InChI is InChI=1S/C12H15F2NO2S/c1-8-2-3-9(18)6-10(8)12(16)15-4-5-17-7-11(13)14/h2-3,6,11,18H,4-5,7H2,1H3,(H,15,16). The molecule has 0 aliphatic rings. The van der Waals surface area contributed by atoms with Crippen LogP contribution in [0, 0.1) is 6.92 Å². The largest absolute Gasteiger partial charge is 0.374 e. The van der Waals surface area contributed by atoms with E-state index < -0.39 is 13.0 Å². The van der Waals surface area contributed by atoms with Crippen LogP contribution in [0.5, 0.6) is 0 Å². The molecule has 0 atom stereocenters. The molecule has 0 aromatic heterocycles. The number of benzene rings is 1. The van der Waals surface area contributed by atoms with Gasteiger partial charge in [-0.1, -0.05) is 6.07 Å². The van der Waals surface area contributed by atoms with Crippen molar-refractivity contribution in [3.05, 3.63) is 29.3 Å². The topological polar surface area (TPSA) is 38.3 Å². The van der Waals surface area contributed by atoms with Gasteiger partial charge in [0.2, 0.25) is 0 Å². The molecule has 18 heavy (non-hydrogen) atoms. The Labute approximate surface area is 110 Å². The smallest absolute Gasteiger partial charge is 0.261 e. The summed E-state index contributed by atoms with van der Waals surface area (Å²) in [4.78, 5) is 12.5. The van der Waals surface area contributed by atoms with Gasteiger partial charge in [-0.15, -0.1) is 12.6 Å². The Bertz CT molecular complexity index is 413. The molecule has 0 saturated heterocycles. The van der Waals surface area contributed by atoms with Crippen LogP contribution >= 0.6 is 12.6 Å². The highest BCUT2D eigenvalue weighted by molar-refractivity contribution is 7.80. The van der Waals surface area contributed by atoms with Crippen molar-refractivity contribution in [2.75, 3.05) is 19.8 Å². The summed E-state index contributed by atoms with van der Waals surface area (Å²) in [5.74, 6) is -0.260. The molecule has 0 saturated carbocycles. The maximum absolute atomic E-state index is 11.8. The predicted molar refractivity (Wildman–Crippen MR) is 67.6 cm³/mol. The summed E-state index contributed by atoms with van der Waals surface area (Å²) in [5.41, 5.74) is 1.36. The van der Waals surface area contributed by atoms with E-state index in [0.29, 0.717) is 10.5 Å². The van der Waals surface area contributed by atoms with Gasteiger partial charge in [-0.05, 0) is 24.6 Å². The van der Waals surface area contributed by atoms with Gasteiger partial charge < -0.3 is 10.1 Å². The zero-order valence-corrected chi connectivity index (χ0v) is 10.8. The molecule has 0 bridgehead atoms. The fourth-order valence-corrected chi connectivity index (χ4v) is 1.56. The molecule has 1 aromatic rings. The SMILES string of the molecule is Cc1ccc(S)cc1C(=O)NCCOCC(F)F. The van der Waals surface area contributed by atoms with Crippen LogP contribution < -0.4 is 5.32 Å². The summed E-state index contributed by atoms with van der Waals surface area (Å²) < 4.78 is 28.2. The summed E-state index contributed by atoms with van der Waals surface area (Å²) in [5, 5.41) is 2.60. The number of halogens is 2. The van der Waals surface area contributed by atoms with Crippen molar-refractivity contribution in [1.82, 2.24) is 5.32 Å². The Kier molecular flexibility index (Phi) is 6.07. The number of hydrogen-bond acceptors (Lipinski definition) is 3. The first-order valence-corrected chi connectivity index (χ1v) is 5.89. The van der Waals surface area contributed by atoms with Crippen LogP contribution in [-0.4, -0.2) is 32.1 Å². The van der Waals surface area contributed by atoms with Crippen LogP contribution in [0.2, 0.25) is 0 Å². The molecule has 3 nitrogen and oxygen atoms in total. The van der Waals surface area contributed by atoms with Gasteiger partial charge in [-0.3, -0.25) is 4.79 Å². The predicted octanol–water partition coefficient (Wildman–Crippen LogP) is 2.30. The Hall–Kier alpha value is -1.14. The number of amides is 1. The van der Waals surface area contributed by atoms with Gasteiger partial charge in [0.1, 0.15) is 6.61 Å². The second-order valence-corrected chi connectivity index (χ2v) is 4.24. The molecule has 0 fully saturated rings. The first-order chi connectivity index (χ1) is 8.50. The van der Waals surface area contributed by atoms with Gasteiger partial charge in [0.15, 0.2) is 0 Å². The summed E-state index contributed by atoms with van der Waals surface area (Å²) in [6, 6.07) is 5.25. The number of rotatable bonds is 6. The minimum Gasteiger partial charge on any atom is -0.374 e. The lowest BCUT2D eigenvalue weighted by Crippen LogP contribution is -2.28. The van der Waals surface area contributed by atoms with Crippen LogP contribution in [-0.2, 0) is 4.74 Å². The summed E-state index contributed by atoms with van der Waals surface area (Å²) in [7, 11) is 0. The zero-order valence-electron chi connectivity index (χ0n) is 9.95. The van der Waals surface area contributed by atoms with Crippen LogP contribution in [0.4, 0.5) is 8.78 Å². The Morgan fingerprint density at radius 3 is 2.89 bits per heavy atom. The lowest BCUT2D eigenvalue weighted by atomic mass is 10.1. The van der Waals surface area contributed by atoms with Gasteiger partial charge in [-0.2, -0.15) is 0 Å². The molecule has 1 aromatic carbocycles. The van der Waals surface area contributed by atoms with Gasteiger partial charge in [-0.25, -0.2) is 8.78 Å². The van der Waals surface area contributed by atoms with Crippen molar-refractivity contribution in [2.45, 2.75) is 18.2 Å². The van der Waals surface area contributed by atoms with Crippen LogP contribution in [0.3, 0.4) is 0 Å². The van der Waals surface area contributed by atoms with E-state index in [0.717, 1.165) is 5.56 Å². The molecule has 0 spiro atoms. The van der Waals surface area contributed by atoms with E-state index in [1.807, 2.05) is 6.92 Å². The van der Waals surface area contributed by atoms with E-state index in [4.69, 9.17) is 0 Å². The van der Waals surface area contributed by atoms with Crippen molar-refractivity contribution in [1.29, 1.82) is 0 Å². The molecule has 6 heteroatoms. The fraction of sp³-hybridized carbons (Fsp3) is 0.417. The quantitative estimate of drug-likeness (QED) is 0.617. The summed E-state index contributed by atoms with van der Waals surface area (Å²) in [6.45, 7) is 1.47. The third kappa shape index (κ3) is 5.01. The molecule has 1 N–H and O–H groups in total. The molecule has 0 aliphatic carbocycles. The summed E-state index contributed by atoms with van der Waals surface area (Å²) in [6.07, 6.45) is -2.48. The monoisotopic (exact) mass is 275 g/mol. The van der Waals surface area contributed by atoms with Gasteiger partial charge >= 0.3 is 0 Å². The number of thiol groups is 1. The average molecular weight is 275 g/mol. The number of carbonyl (C=O) groups excluding carboxylic acids is 1. The van der Waals surface area contributed by atoms with E-state index in [2.05, 4.69) is 22.7 Å². The van der Waals surface area contributed by atoms with Crippen LogP contribution in [0.25, 0.3) is 0 Å². The molecule has 0 unspecified atom stereocenters. The Morgan fingerprint density at radius 2 is 2.22 bits per heavy atom. The minimum atomic E-state index is -2.48. The van der Waals surface area contributed by atoms with Crippen molar-refractivity contribution >= 4 is 18.5 Å². The normalized spacial score (nSPS) is 10.7. The van der Waals surface area contributed by atoms with E-state index in [-0.39, 0.29) is 19.1 Å². The zero-order chi connectivity index (χ0) is 13.5. The third-order valence-corrected chi connectivity index (χ3v) is 2.52. The number of ether oxygens (including phenoxy) is 1. The van der Waals surface area contributed by atoms with E-state index in [1.165, 1.54) is 0 Å². The molecule has 100 valence electrons. The van der Waals surface area contributed by atoms with Gasteiger partial charge in [0, 0.05) is 17.0 Å². The lowest BCUT2D eigenvalue weighted by Gasteiger charge is -2.08. The average Bonchev–Trinajstić information content (AvgIpc) is 2.31. The van der Waals surface area contributed by atoms with Crippen molar-refractivity contribution in [3.63, 3.8) is 0 Å². The first-order valence-electron chi connectivity index (χ1n) is 5.44. The highest BCUT2D eigenvalue weighted by Gasteiger charge is 2.08. The number of alkyl halides is 2. The second-order valence-electron chi connectivity index (χ2n) is 3.72. The highest BCUT2D eigenvalue weighted by atomic mass is 32.1. The minimum absolute atomic E-state index is 0.0652. The number of nitrogens with one attached hydrogen (secondary N) is 1. The molecular weight excluding hydrogens is 260 g/mol. The van der Waals surface area contributed by atoms with Crippen molar-refractivity contribution < 1.29 is 18.3 Å². The van der Waals surface area contributed by atoms with E-state index >= 15 is 0 Å². The highest BCUT2D eigenvalue weighted by Crippen LogP contribution is 2.13. The maximum atomic E-state index is 11.8. The Morgan fingerprint density at radius 1 is 1.50 bits per heavy atom. The van der Waals surface area contributed by atoms with E-state index in [1.54, 1.807) is 18.2 Å². The molecular formula is C12H15F2NO2S. The first kappa shape index (κ1) is 14.9. The van der Waals surface area contributed by atoms with Crippen molar-refractivity contribution in [2.24, 2.45) is 0 Å². The number of carbonyl (C=O) groups is 1. The van der Waals surface area contributed by atoms with Crippen molar-refractivity contribution in [3.8, 4) is 0 Å². The number of hydrogen-bond donors (Lipinski definition) is 2. The fourth-order valence-electron chi connectivity index (χ4n) is 1.36. The molecule has 0 heterocycles. The van der Waals surface area contributed by atoms with Gasteiger partial charge in [0.25, 0.3) is 12.3 Å². The molecule has 1 rings (SSSR count). The Balaban J connectivity index is 2.39. The van der Waals surface area contributed by atoms with Gasteiger partial charge in [0.05, 0.1) is 6.61 Å². The van der Waals surface area contributed by atoms with Crippen LogP contribution in [0.15, 0.2) is 23.1 Å². The molecule has 0 radical (unpaired) electrons. The van der Waals surface area contributed by atoms with Crippen LogP contribution in [0.1, 0.15) is 15.9 Å². The summed E-state index contributed by atoms with van der Waals surface area (Å²) >= 11 is 4.15. The maximum Gasteiger partial charge on any atom is 0.261 e. The van der Waals surface area contributed by atoms with E-state index in [9.17, 15) is 13.6 Å². The second kappa shape index (κ2) is 7.33.